The van der Waals surface area contributed by atoms with Crippen molar-refractivity contribution in [3.05, 3.63) is 35.0 Å². The van der Waals surface area contributed by atoms with Crippen molar-refractivity contribution >= 4 is 16.9 Å². The van der Waals surface area contributed by atoms with E-state index in [9.17, 15) is 9.90 Å². The van der Waals surface area contributed by atoms with E-state index in [4.69, 9.17) is 0 Å². The molecule has 0 atom stereocenters. The van der Waals surface area contributed by atoms with Crippen molar-refractivity contribution in [2.45, 2.75) is 47.1 Å². The average molecular weight is 273 g/mol. The summed E-state index contributed by atoms with van der Waals surface area (Å²) in [6.45, 7) is 11.2. The molecule has 108 valence electrons. The number of nitrogens with zero attached hydrogens (tertiary/aromatic N) is 1. The van der Waals surface area contributed by atoms with E-state index in [1.165, 1.54) is 5.56 Å². The molecule has 0 saturated heterocycles. The molecular weight excluding hydrogens is 250 g/mol. The molecule has 0 saturated carbocycles. The number of aromatic carboxylic acids is 1. The second kappa shape index (κ2) is 5.31. The van der Waals surface area contributed by atoms with Gasteiger partial charge >= 0.3 is 5.97 Å². The van der Waals surface area contributed by atoms with E-state index < -0.39 is 5.97 Å². The Kier molecular flexibility index (Phi) is 3.89. The minimum Gasteiger partial charge on any atom is -0.477 e. The molecule has 0 aliphatic rings. The standard InChI is InChI=1S/C17H23NO2/c1-10(2)9-18-15-7-6-13(11(3)4)8-14(15)12(5)16(18)17(19)20/h6-8,10-11H,9H2,1-5H3,(H,19,20). The number of rotatable bonds is 4. The first-order valence-electron chi connectivity index (χ1n) is 7.19. The Labute approximate surface area is 120 Å². The van der Waals surface area contributed by atoms with Crippen LogP contribution in [0, 0.1) is 12.8 Å². The zero-order valence-electron chi connectivity index (χ0n) is 12.9. The maximum absolute atomic E-state index is 11.6. The Morgan fingerprint density at radius 2 is 1.90 bits per heavy atom. The van der Waals surface area contributed by atoms with E-state index in [1.54, 1.807) is 0 Å². The van der Waals surface area contributed by atoms with Crippen LogP contribution >= 0.6 is 0 Å². The third-order valence-electron chi connectivity index (χ3n) is 3.76. The van der Waals surface area contributed by atoms with E-state index in [2.05, 4.69) is 45.9 Å². The van der Waals surface area contributed by atoms with Crippen LogP contribution in [0.3, 0.4) is 0 Å². The second-order valence-electron chi connectivity index (χ2n) is 6.21. The van der Waals surface area contributed by atoms with Gasteiger partial charge in [0.15, 0.2) is 0 Å². The van der Waals surface area contributed by atoms with Crippen LogP contribution in [-0.4, -0.2) is 15.6 Å². The summed E-state index contributed by atoms with van der Waals surface area (Å²) in [7, 11) is 0. The number of hydrogen-bond donors (Lipinski definition) is 1. The van der Waals surface area contributed by atoms with Crippen molar-refractivity contribution in [2.24, 2.45) is 5.92 Å². The number of carbonyl (C=O) groups is 1. The highest BCUT2D eigenvalue weighted by atomic mass is 16.4. The van der Waals surface area contributed by atoms with Gasteiger partial charge in [-0.15, -0.1) is 0 Å². The number of hydrogen-bond acceptors (Lipinski definition) is 1. The van der Waals surface area contributed by atoms with E-state index in [0.717, 1.165) is 23.0 Å². The lowest BCUT2D eigenvalue weighted by molar-refractivity contribution is 0.0684. The number of fused-ring (bicyclic) bond motifs is 1. The predicted octanol–water partition coefficient (Wildman–Crippen LogP) is 4.43. The lowest BCUT2D eigenvalue weighted by atomic mass is 10.0. The molecule has 0 aliphatic carbocycles. The molecule has 1 N–H and O–H groups in total. The second-order valence-corrected chi connectivity index (χ2v) is 6.21. The lowest BCUT2D eigenvalue weighted by Gasteiger charge is -2.12. The van der Waals surface area contributed by atoms with Crippen LogP contribution in [-0.2, 0) is 6.54 Å². The minimum atomic E-state index is -0.842. The van der Waals surface area contributed by atoms with E-state index in [0.29, 0.717) is 17.5 Å². The molecule has 1 heterocycles. The summed E-state index contributed by atoms with van der Waals surface area (Å²) < 4.78 is 1.95. The van der Waals surface area contributed by atoms with Gasteiger partial charge in [-0.2, -0.15) is 0 Å². The van der Waals surface area contributed by atoms with Gasteiger partial charge in [0, 0.05) is 17.4 Å². The van der Waals surface area contributed by atoms with Gasteiger partial charge in [-0.25, -0.2) is 4.79 Å². The van der Waals surface area contributed by atoms with Gasteiger partial charge < -0.3 is 9.67 Å². The maximum Gasteiger partial charge on any atom is 0.352 e. The highest BCUT2D eigenvalue weighted by Crippen LogP contribution is 2.29. The Balaban J connectivity index is 2.75. The minimum absolute atomic E-state index is 0.410. The van der Waals surface area contributed by atoms with Crippen molar-refractivity contribution < 1.29 is 9.90 Å². The highest BCUT2D eigenvalue weighted by molar-refractivity contribution is 5.98. The molecule has 2 rings (SSSR count). The molecule has 1 aromatic heterocycles. The Morgan fingerprint density at radius 1 is 1.25 bits per heavy atom. The summed E-state index contributed by atoms with van der Waals surface area (Å²) in [6.07, 6.45) is 0. The van der Waals surface area contributed by atoms with Crippen LogP contribution < -0.4 is 0 Å². The fraction of sp³-hybridized carbons (Fsp3) is 0.471. The molecule has 0 aliphatic heterocycles. The summed E-state index contributed by atoms with van der Waals surface area (Å²) in [5.74, 6) is 0.0128. The first kappa shape index (κ1) is 14.6. The monoisotopic (exact) mass is 273 g/mol. The number of aryl methyl sites for hydroxylation is 1. The van der Waals surface area contributed by atoms with Crippen molar-refractivity contribution in [2.75, 3.05) is 0 Å². The number of benzene rings is 1. The summed E-state index contributed by atoms with van der Waals surface area (Å²) >= 11 is 0. The van der Waals surface area contributed by atoms with Gasteiger partial charge in [-0.1, -0.05) is 33.8 Å². The third-order valence-corrected chi connectivity index (χ3v) is 3.76. The zero-order chi connectivity index (χ0) is 15.0. The van der Waals surface area contributed by atoms with Crippen LogP contribution in [0.1, 0.15) is 55.2 Å². The van der Waals surface area contributed by atoms with Gasteiger partial charge in [-0.05, 0) is 42.0 Å². The molecule has 0 spiro atoms. The fourth-order valence-electron chi connectivity index (χ4n) is 2.73. The van der Waals surface area contributed by atoms with Gasteiger partial charge in [0.1, 0.15) is 5.69 Å². The van der Waals surface area contributed by atoms with Crippen LogP contribution in [0.2, 0.25) is 0 Å². The molecule has 0 unspecified atom stereocenters. The van der Waals surface area contributed by atoms with Crippen LogP contribution in [0.5, 0.6) is 0 Å². The number of carboxylic acids is 1. The highest BCUT2D eigenvalue weighted by Gasteiger charge is 2.20. The maximum atomic E-state index is 11.6. The quantitative estimate of drug-likeness (QED) is 0.895. The largest absolute Gasteiger partial charge is 0.477 e. The molecule has 0 bridgehead atoms. The summed E-state index contributed by atoms with van der Waals surface area (Å²) in [4.78, 5) is 11.6. The van der Waals surface area contributed by atoms with Crippen LogP contribution in [0.15, 0.2) is 18.2 Å². The molecule has 20 heavy (non-hydrogen) atoms. The molecule has 0 fully saturated rings. The number of carboxylic acid groups (broad SMARTS) is 1. The molecule has 1 aromatic carbocycles. The Hall–Kier alpha value is -1.77. The summed E-state index contributed by atoms with van der Waals surface area (Å²) in [5.41, 5.74) is 3.57. The Morgan fingerprint density at radius 3 is 2.40 bits per heavy atom. The molecule has 2 aromatic rings. The third kappa shape index (κ3) is 2.45. The van der Waals surface area contributed by atoms with Gasteiger partial charge in [0.2, 0.25) is 0 Å². The van der Waals surface area contributed by atoms with E-state index >= 15 is 0 Å². The van der Waals surface area contributed by atoms with Gasteiger partial charge in [-0.3, -0.25) is 0 Å². The SMILES string of the molecule is Cc1c(C(=O)O)n(CC(C)C)c2ccc(C(C)C)cc12. The van der Waals surface area contributed by atoms with Crippen LogP contribution in [0.25, 0.3) is 10.9 Å². The van der Waals surface area contributed by atoms with Gasteiger partial charge in [0.05, 0.1) is 0 Å². The lowest BCUT2D eigenvalue weighted by Crippen LogP contribution is -2.12. The Bertz CT molecular complexity index is 651. The van der Waals surface area contributed by atoms with Gasteiger partial charge in [0.25, 0.3) is 0 Å². The molecule has 0 amide bonds. The predicted molar refractivity (Wildman–Crippen MR) is 82.6 cm³/mol. The van der Waals surface area contributed by atoms with Crippen molar-refractivity contribution in [3.63, 3.8) is 0 Å². The molecule has 0 radical (unpaired) electrons. The zero-order valence-corrected chi connectivity index (χ0v) is 12.9. The molecule has 3 heteroatoms. The van der Waals surface area contributed by atoms with E-state index in [1.807, 2.05) is 11.5 Å². The first-order valence-corrected chi connectivity index (χ1v) is 7.19. The summed E-state index contributed by atoms with van der Waals surface area (Å²) in [5, 5.41) is 10.6. The molecule has 3 nitrogen and oxygen atoms in total. The van der Waals surface area contributed by atoms with E-state index in [-0.39, 0.29) is 0 Å². The first-order chi connectivity index (χ1) is 9.32. The smallest absolute Gasteiger partial charge is 0.352 e. The van der Waals surface area contributed by atoms with Crippen molar-refractivity contribution in [1.82, 2.24) is 4.57 Å². The number of aromatic nitrogens is 1. The summed E-state index contributed by atoms with van der Waals surface area (Å²) in [6, 6.07) is 6.31. The van der Waals surface area contributed by atoms with Crippen LogP contribution in [0.4, 0.5) is 0 Å². The topological polar surface area (TPSA) is 42.2 Å². The van der Waals surface area contributed by atoms with Crippen molar-refractivity contribution in [3.8, 4) is 0 Å². The average Bonchev–Trinajstić information content (AvgIpc) is 2.61. The molecular formula is C17H23NO2. The normalized spacial score (nSPS) is 11.8. The fourth-order valence-corrected chi connectivity index (χ4v) is 2.73. The van der Waals surface area contributed by atoms with Crippen molar-refractivity contribution in [1.29, 1.82) is 0 Å².